The number of nitrogens with zero attached hydrogens (tertiary/aromatic N) is 2. The Balaban J connectivity index is 2.51. The van der Waals surface area contributed by atoms with Crippen LogP contribution in [0.15, 0.2) is 27.9 Å². The zero-order chi connectivity index (χ0) is 14.7. The van der Waals surface area contributed by atoms with Crippen LogP contribution in [0.2, 0.25) is 5.15 Å². The lowest BCUT2D eigenvalue weighted by Crippen LogP contribution is -2.22. The number of nitrogens with one attached hydrogen (secondary N) is 2. The van der Waals surface area contributed by atoms with Crippen LogP contribution in [0.4, 0.5) is 0 Å². The largest absolute Gasteiger partial charge is 0.325 e. The monoisotopic (exact) mass is 292 g/mol. The maximum absolute atomic E-state index is 11.7. The van der Waals surface area contributed by atoms with Crippen molar-refractivity contribution in [3.63, 3.8) is 0 Å². The summed E-state index contributed by atoms with van der Waals surface area (Å²) in [4.78, 5) is 27.2. The standard InChI is InChI=1S/C13H13ClN4O2/c1-7(2)3-4-8-5-10(17-18-11(8)14)9-6-15-13(20)16-12(9)19/h3-7H,1-2H3,(H2,15,16,19,20)/b4-3+. The maximum atomic E-state index is 11.7. The molecule has 2 heterocycles. The molecule has 0 saturated carbocycles. The fourth-order valence-corrected chi connectivity index (χ4v) is 1.69. The van der Waals surface area contributed by atoms with Gasteiger partial charge in [-0.05, 0) is 12.0 Å². The molecular formula is C13H13ClN4O2. The molecule has 0 fully saturated rings. The lowest BCUT2D eigenvalue weighted by molar-refractivity contribution is 0.836. The van der Waals surface area contributed by atoms with Crippen LogP contribution < -0.4 is 11.2 Å². The Kier molecular flexibility index (Phi) is 4.14. The Morgan fingerprint density at radius 2 is 2.05 bits per heavy atom. The van der Waals surface area contributed by atoms with Gasteiger partial charge in [-0.25, -0.2) is 4.79 Å². The quantitative estimate of drug-likeness (QED) is 0.903. The number of hydrogen-bond acceptors (Lipinski definition) is 4. The minimum atomic E-state index is -0.569. The molecule has 0 unspecified atom stereocenters. The molecule has 0 aliphatic rings. The normalized spacial score (nSPS) is 11.4. The number of hydrogen-bond donors (Lipinski definition) is 2. The highest BCUT2D eigenvalue weighted by Crippen LogP contribution is 2.19. The first-order valence-electron chi connectivity index (χ1n) is 6.01. The van der Waals surface area contributed by atoms with Crippen molar-refractivity contribution in [1.82, 2.24) is 20.2 Å². The molecule has 0 bridgehead atoms. The maximum Gasteiger partial charge on any atom is 0.325 e. The van der Waals surface area contributed by atoms with Crippen molar-refractivity contribution in [3.8, 4) is 11.3 Å². The summed E-state index contributed by atoms with van der Waals surface area (Å²) < 4.78 is 0. The van der Waals surface area contributed by atoms with E-state index in [1.54, 1.807) is 6.07 Å². The predicted octanol–water partition coefficient (Wildman–Crippen LogP) is 1.84. The molecule has 0 saturated heterocycles. The lowest BCUT2D eigenvalue weighted by Gasteiger charge is -2.02. The van der Waals surface area contributed by atoms with Crippen molar-refractivity contribution in [3.05, 3.63) is 49.9 Å². The minimum absolute atomic E-state index is 0.230. The average molecular weight is 293 g/mol. The highest BCUT2D eigenvalue weighted by atomic mass is 35.5. The summed E-state index contributed by atoms with van der Waals surface area (Å²) in [6.07, 6.45) is 5.09. The number of H-pyrrole nitrogens is 2. The second-order valence-electron chi connectivity index (χ2n) is 4.56. The third-order valence-electron chi connectivity index (χ3n) is 2.53. The van der Waals surface area contributed by atoms with Crippen molar-refractivity contribution in [2.24, 2.45) is 5.92 Å². The van der Waals surface area contributed by atoms with Crippen LogP contribution in [0, 0.1) is 5.92 Å². The first-order valence-corrected chi connectivity index (χ1v) is 6.39. The molecule has 2 aromatic rings. The van der Waals surface area contributed by atoms with Crippen LogP contribution in [-0.4, -0.2) is 20.2 Å². The van der Waals surface area contributed by atoms with E-state index in [0.29, 0.717) is 17.2 Å². The summed E-state index contributed by atoms with van der Waals surface area (Å²) in [5.41, 5.74) is 0.143. The number of aromatic nitrogens is 4. The van der Waals surface area contributed by atoms with Crippen LogP contribution in [-0.2, 0) is 0 Å². The van der Waals surface area contributed by atoms with E-state index >= 15 is 0 Å². The van der Waals surface area contributed by atoms with Gasteiger partial charge in [0.1, 0.15) is 5.69 Å². The van der Waals surface area contributed by atoms with Crippen molar-refractivity contribution >= 4 is 17.7 Å². The zero-order valence-electron chi connectivity index (χ0n) is 11.0. The van der Waals surface area contributed by atoms with Gasteiger partial charge in [0.15, 0.2) is 5.15 Å². The molecule has 0 aliphatic heterocycles. The van der Waals surface area contributed by atoms with Gasteiger partial charge in [0.05, 0.1) is 5.56 Å². The van der Waals surface area contributed by atoms with E-state index in [4.69, 9.17) is 11.6 Å². The Hall–Kier alpha value is -2.21. The van der Waals surface area contributed by atoms with E-state index in [0.717, 1.165) is 0 Å². The summed E-state index contributed by atoms with van der Waals surface area (Å²) in [5, 5.41) is 7.94. The molecule has 0 atom stereocenters. The molecule has 0 spiro atoms. The van der Waals surface area contributed by atoms with E-state index in [1.165, 1.54) is 6.20 Å². The summed E-state index contributed by atoms with van der Waals surface area (Å²) in [7, 11) is 0. The van der Waals surface area contributed by atoms with Gasteiger partial charge in [0.25, 0.3) is 5.56 Å². The fraction of sp³-hybridized carbons (Fsp3) is 0.231. The molecule has 2 aromatic heterocycles. The van der Waals surface area contributed by atoms with Gasteiger partial charge in [0, 0.05) is 11.8 Å². The average Bonchev–Trinajstić information content (AvgIpc) is 2.38. The molecule has 0 amide bonds. The molecule has 0 radical (unpaired) electrons. The van der Waals surface area contributed by atoms with Gasteiger partial charge in [-0.15, -0.1) is 10.2 Å². The van der Waals surface area contributed by atoms with Crippen LogP contribution in [0.3, 0.4) is 0 Å². The molecule has 6 nitrogen and oxygen atoms in total. The molecule has 2 N–H and O–H groups in total. The van der Waals surface area contributed by atoms with Gasteiger partial charge >= 0.3 is 5.69 Å². The molecule has 104 valence electrons. The Morgan fingerprint density at radius 1 is 1.30 bits per heavy atom. The molecule has 0 aromatic carbocycles. The zero-order valence-corrected chi connectivity index (χ0v) is 11.7. The fourth-order valence-electron chi connectivity index (χ4n) is 1.54. The molecule has 20 heavy (non-hydrogen) atoms. The first-order chi connectivity index (χ1) is 9.47. The minimum Gasteiger partial charge on any atom is -0.313 e. The molecular weight excluding hydrogens is 280 g/mol. The Bertz CT molecular complexity index is 761. The van der Waals surface area contributed by atoms with E-state index in [2.05, 4.69) is 20.2 Å². The summed E-state index contributed by atoms with van der Waals surface area (Å²) in [6, 6.07) is 1.65. The summed E-state index contributed by atoms with van der Waals surface area (Å²) in [5.74, 6) is 0.360. The summed E-state index contributed by atoms with van der Waals surface area (Å²) >= 11 is 5.96. The predicted molar refractivity (Wildman–Crippen MR) is 77.6 cm³/mol. The van der Waals surface area contributed by atoms with Gasteiger partial charge in [-0.1, -0.05) is 37.6 Å². The molecule has 2 rings (SSSR count). The first kappa shape index (κ1) is 14.2. The van der Waals surface area contributed by atoms with Crippen LogP contribution >= 0.6 is 11.6 Å². The van der Waals surface area contributed by atoms with Gasteiger partial charge < -0.3 is 4.98 Å². The smallest absolute Gasteiger partial charge is 0.313 e. The number of allylic oxidation sites excluding steroid dienone is 1. The van der Waals surface area contributed by atoms with E-state index < -0.39 is 11.2 Å². The third kappa shape index (κ3) is 3.21. The van der Waals surface area contributed by atoms with Crippen molar-refractivity contribution in [2.45, 2.75) is 13.8 Å². The van der Waals surface area contributed by atoms with Crippen molar-refractivity contribution in [2.75, 3.05) is 0 Å². The van der Waals surface area contributed by atoms with E-state index in [9.17, 15) is 9.59 Å². The third-order valence-corrected chi connectivity index (χ3v) is 2.83. The Labute approximate surface area is 119 Å². The Morgan fingerprint density at radius 3 is 2.70 bits per heavy atom. The van der Waals surface area contributed by atoms with Crippen LogP contribution in [0.1, 0.15) is 19.4 Å². The van der Waals surface area contributed by atoms with Crippen molar-refractivity contribution < 1.29 is 0 Å². The van der Waals surface area contributed by atoms with E-state index in [-0.39, 0.29) is 10.7 Å². The van der Waals surface area contributed by atoms with Crippen LogP contribution in [0.5, 0.6) is 0 Å². The second kappa shape index (κ2) is 5.83. The van der Waals surface area contributed by atoms with Gasteiger partial charge in [-0.3, -0.25) is 9.78 Å². The molecule has 7 heteroatoms. The van der Waals surface area contributed by atoms with Crippen molar-refractivity contribution in [1.29, 1.82) is 0 Å². The van der Waals surface area contributed by atoms with Gasteiger partial charge in [0.2, 0.25) is 0 Å². The number of aromatic amines is 2. The topological polar surface area (TPSA) is 91.5 Å². The van der Waals surface area contributed by atoms with E-state index in [1.807, 2.05) is 26.0 Å². The lowest BCUT2D eigenvalue weighted by atomic mass is 10.1. The van der Waals surface area contributed by atoms with Crippen LogP contribution in [0.25, 0.3) is 17.3 Å². The highest BCUT2D eigenvalue weighted by molar-refractivity contribution is 6.30. The van der Waals surface area contributed by atoms with Gasteiger partial charge in [-0.2, -0.15) is 0 Å². The summed E-state index contributed by atoms with van der Waals surface area (Å²) in [6.45, 7) is 4.07. The SMILES string of the molecule is CC(C)/C=C/c1cc(-c2c[nH]c(=O)[nH]c2=O)nnc1Cl. The second-order valence-corrected chi connectivity index (χ2v) is 4.92. The number of halogens is 1. The number of rotatable bonds is 3. The molecule has 0 aliphatic carbocycles. The highest BCUT2D eigenvalue weighted by Gasteiger charge is 2.09.